The Balaban J connectivity index is 1.72. The number of Topliss-reactive ketones (excluding diaryl/α,β-unsaturated/α-hetero) is 1. The number of ketones is 1. The standard InChI is InChI=1S/C28H46O/c1-7-8-9-18-28(6)25-17-19-27(5)23(21(4)12-10-11-20(2)3)14-15-24(27)22(25)13-16-26(28)29/h20-25H,9-19H2,1-6H3/t21-,22+,23-,24+,25+,27-,28-/m1/s1. The molecule has 0 aromatic heterocycles. The predicted molar refractivity (Wildman–Crippen MR) is 123 cm³/mol. The fourth-order valence-corrected chi connectivity index (χ4v) is 8.07. The Morgan fingerprint density at radius 3 is 2.48 bits per heavy atom. The van der Waals surface area contributed by atoms with Crippen molar-refractivity contribution in [2.24, 2.45) is 46.3 Å². The van der Waals surface area contributed by atoms with Crippen LogP contribution in [0.3, 0.4) is 0 Å². The highest BCUT2D eigenvalue weighted by Crippen LogP contribution is 2.65. The van der Waals surface area contributed by atoms with Crippen LogP contribution < -0.4 is 0 Å². The predicted octanol–water partition coefficient (Wildman–Crippen LogP) is 7.68. The van der Waals surface area contributed by atoms with E-state index in [9.17, 15) is 4.79 Å². The molecule has 0 radical (unpaired) electrons. The average molecular weight is 399 g/mol. The summed E-state index contributed by atoms with van der Waals surface area (Å²) < 4.78 is 0. The van der Waals surface area contributed by atoms with Gasteiger partial charge in [-0.3, -0.25) is 4.79 Å². The van der Waals surface area contributed by atoms with Gasteiger partial charge in [-0.1, -0.05) is 53.9 Å². The smallest absolute Gasteiger partial charge is 0.139 e. The summed E-state index contributed by atoms with van der Waals surface area (Å²) in [5, 5.41) is 0. The molecule has 0 bridgehead atoms. The minimum atomic E-state index is -0.116. The molecule has 0 amide bonds. The molecule has 0 saturated heterocycles. The molecule has 0 aromatic carbocycles. The maximum atomic E-state index is 13.0. The molecule has 3 aliphatic carbocycles. The highest BCUT2D eigenvalue weighted by Gasteiger charge is 2.59. The van der Waals surface area contributed by atoms with Crippen LogP contribution in [-0.2, 0) is 4.79 Å². The van der Waals surface area contributed by atoms with Gasteiger partial charge in [-0.05, 0) is 86.4 Å². The Morgan fingerprint density at radius 2 is 1.79 bits per heavy atom. The maximum Gasteiger partial charge on any atom is 0.139 e. The van der Waals surface area contributed by atoms with Crippen LogP contribution in [0, 0.1) is 58.2 Å². The molecule has 0 heterocycles. The van der Waals surface area contributed by atoms with E-state index in [0.717, 1.165) is 55.3 Å². The van der Waals surface area contributed by atoms with E-state index in [2.05, 4.69) is 46.5 Å². The van der Waals surface area contributed by atoms with Gasteiger partial charge >= 0.3 is 0 Å². The largest absolute Gasteiger partial charge is 0.299 e. The molecule has 3 fully saturated rings. The Morgan fingerprint density at radius 1 is 1.03 bits per heavy atom. The molecule has 29 heavy (non-hydrogen) atoms. The summed E-state index contributed by atoms with van der Waals surface area (Å²) in [4.78, 5) is 13.0. The van der Waals surface area contributed by atoms with Crippen LogP contribution in [0.4, 0.5) is 0 Å². The van der Waals surface area contributed by atoms with Crippen LogP contribution in [0.2, 0.25) is 0 Å². The molecule has 3 rings (SSSR count). The monoisotopic (exact) mass is 398 g/mol. The molecule has 164 valence electrons. The van der Waals surface area contributed by atoms with Crippen LogP contribution in [0.15, 0.2) is 0 Å². The second kappa shape index (κ2) is 9.16. The van der Waals surface area contributed by atoms with Crippen molar-refractivity contribution >= 4 is 5.78 Å². The van der Waals surface area contributed by atoms with Crippen molar-refractivity contribution in [2.45, 2.75) is 112 Å². The Hall–Kier alpha value is -0.770. The minimum Gasteiger partial charge on any atom is -0.299 e. The summed E-state index contributed by atoms with van der Waals surface area (Å²) >= 11 is 0. The molecule has 1 heteroatoms. The summed E-state index contributed by atoms with van der Waals surface area (Å²) in [5.41, 5.74) is 0.401. The first-order chi connectivity index (χ1) is 13.7. The van der Waals surface area contributed by atoms with Crippen molar-refractivity contribution in [2.75, 3.05) is 0 Å². The quantitative estimate of drug-likeness (QED) is 0.402. The van der Waals surface area contributed by atoms with E-state index in [4.69, 9.17) is 0 Å². The molecule has 0 N–H and O–H groups in total. The van der Waals surface area contributed by atoms with Gasteiger partial charge in [0.1, 0.15) is 5.78 Å². The maximum absolute atomic E-state index is 13.0. The van der Waals surface area contributed by atoms with Crippen molar-refractivity contribution in [1.29, 1.82) is 0 Å². The van der Waals surface area contributed by atoms with Gasteiger partial charge in [0.2, 0.25) is 0 Å². The van der Waals surface area contributed by atoms with E-state index >= 15 is 0 Å². The molecule has 0 unspecified atom stereocenters. The summed E-state index contributed by atoms with van der Waals surface area (Å²) in [6.07, 6.45) is 13.5. The van der Waals surface area contributed by atoms with Crippen LogP contribution in [0.25, 0.3) is 0 Å². The molecule has 3 saturated carbocycles. The number of hydrogen-bond donors (Lipinski definition) is 0. The normalized spacial score (nSPS) is 40.2. The minimum absolute atomic E-state index is 0.116. The lowest BCUT2D eigenvalue weighted by Crippen LogP contribution is -2.52. The van der Waals surface area contributed by atoms with E-state index in [0.29, 0.717) is 17.1 Å². The fourth-order valence-electron chi connectivity index (χ4n) is 8.07. The van der Waals surface area contributed by atoms with E-state index in [1.807, 2.05) is 6.92 Å². The molecule has 0 spiro atoms. The lowest BCUT2D eigenvalue weighted by Gasteiger charge is -2.56. The SMILES string of the molecule is CC#CCC[C@@]1(C)C(=O)CC[C@H]2[C@@H]3CC[C@H]([C@H](C)CCCC(C)C)[C@@]3(C)CC[C@@H]21. The zero-order valence-electron chi connectivity index (χ0n) is 20.2. The van der Waals surface area contributed by atoms with Gasteiger partial charge in [0.15, 0.2) is 0 Å². The zero-order chi connectivity index (χ0) is 21.2. The van der Waals surface area contributed by atoms with Crippen LogP contribution >= 0.6 is 0 Å². The summed E-state index contributed by atoms with van der Waals surface area (Å²) in [6, 6.07) is 0. The molecular formula is C28H46O. The molecular weight excluding hydrogens is 352 g/mol. The van der Waals surface area contributed by atoms with Crippen LogP contribution in [0.1, 0.15) is 112 Å². The summed E-state index contributed by atoms with van der Waals surface area (Å²) in [7, 11) is 0. The van der Waals surface area contributed by atoms with Crippen molar-refractivity contribution < 1.29 is 4.79 Å². The average Bonchev–Trinajstić information content (AvgIpc) is 3.02. The van der Waals surface area contributed by atoms with Crippen LogP contribution in [0.5, 0.6) is 0 Å². The third kappa shape index (κ3) is 4.34. The van der Waals surface area contributed by atoms with Crippen molar-refractivity contribution in [1.82, 2.24) is 0 Å². The topological polar surface area (TPSA) is 17.1 Å². The van der Waals surface area contributed by atoms with E-state index < -0.39 is 0 Å². The highest BCUT2D eigenvalue weighted by molar-refractivity contribution is 5.85. The highest BCUT2D eigenvalue weighted by atomic mass is 16.1. The molecule has 0 aliphatic heterocycles. The number of hydrogen-bond acceptors (Lipinski definition) is 1. The van der Waals surface area contributed by atoms with Gasteiger partial charge in [0.25, 0.3) is 0 Å². The molecule has 1 nitrogen and oxygen atoms in total. The van der Waals surface area contributed by atoms with Crippen LogP contribution in [-0.4, -0.2) is 5.78 Å². The van der Waals surface area contributed by atoms with Crippen molar-refractivity contribution in [3.8, 4) is 11.8 Å². The number of carbonyl (C=O) groups excluding carboxylic acids is 1. The van der Waals surface area contributed by atoms with Crippen molar-refractivity contribution in [3.05, 3.63) is 0 Å². The first-order valence-corrected chi connectivity index (χ1v) is 12.7. The Kier molecular flexibility index (Phi) is 7.23. The number of rotatable bonds is 7. The first-order valence-electron chi connectivity index (χ1n) is 12.7. The number of carbonyl (C=O) groups is 1. The third-order valence-corrected chi connectivity index (χ3v) is 9.74. The van der Waals surface area contributed by atoms with E-state index in [1.54, 1.807) is 0 Å². The Labute approximate surface area is 181 Å². The van der Waals surface area contributed by atoms with E-state index in [-0.39, 0.29) is 5.41 Å². The summed E-state index contributed by atoms with van der Waals surface area (Å²) in [6.45, 7) is 14.1. The van der Waals surface area contributed by atoms with Crippen molar-refractivity contribution in [3.63, 3.8) is 0 Å². The van der Waals surface area contributed by atoms with Gasteiger partial charge < -0.3 is 0 Å². The molecule has 7 atom stereocenters. The van der Waals surface area contributed by atoms with Gasteiger partial charge in [0, 0.05) is 18.3 Å². The molecule has 0 aromatic rings. The number of fused-ring (bicyclic) bond motifs is 3. The first kappa shape index (κ1) is 22.9. The lowest BCUT2D eigenvalue weighted by atomic mass is 9.48. The van der Waals surface area contributed by atoms with Gasteiger partial charge in [-0.2, -0.15) is 0 Å². The van der Waals surface area contributed by atoms with Gasteiger partial charge in [-0.15, -0.1) is 11.8 Å². The van der Waals surface area contributed by atoms with Gasteiger partial charge in [0.05, 0.1) is 0 Å². The Bertz CT molecular complexity index is 636. The van der Waals surface area contributed by atoms with E-state index in [1.165, 1.54) is 44.9 Å². The van der Waals surface area contributed by atoms with Gasteiger partial charge in [-0.25, -0.2) is 0 Å². The molecule has 3 aliphatic rings. The second-order valence-electron chi connectivity index (χ2n) is 11.7. The fraction of sp³-hybridized carbons (Fsp3) is 0.893. The lowest BCUT2D eigenvalue weighted by molar-refractivity contribution is -0.146. The zero-order valence-corrected chi connectivity index (χ0v) is 20.2. The second-order valence-corrected chi connectivity index (χ2v) is 11.7. The summed E-state index contributed by atoms with van der Waals surface area (Å²) in [5.74, 6) is 11.6. The third-order valence-electron chi connectivity index (χ3n) is 9.74.